The van der Waals surface area contributed by atoms with Gasteiger partial charge in [-0.05, 0) is 13.3 Å². The topological polar surface area (TPSA) is 98.6 Å². The molecule has 0 aromatic carbocycles. The quantitative estimate of drug-likeness (QED) is 0.608. The van der Waals surface area contributed by atoms with Crippen LogP contribution in [0, 0.1) is 0 Å². The number of nitrogens with one attached hydrogen (secondary N) is 1. The molecule has 0 saturated carbocycles. The van der Waals surface area contributed by atoms with Crippen LogP contribution in [0.1, 0.15) is 18.9 Å². The number of hydrogen-bond acceptors (Lipinski definition) is 7. The van der Waals surface area contributed by atoms with E-state index < -0.39 is 6.04 Å². The maximum Gasteiger partial charge on any atom is 0.243 e. The largest absolute Gasteiger partial charge is 0.395 e. The molecule has 0 spiro atoms. The molecular weight excluding hydrogens is 268 g/mol. The maximum absolute atomic E-state index is 12.0. The van der Waals surface area contributed by atoms with Gasteiger partial charge in [-0.25, -0.2) is 0 Å². The molecule has 0 fully saturated rings. The van der Waals surface area contributed by atoms with Gasteiger partial charge < -0.3 is 10.2 Å². The smallest absolute Gasteiger partial charge is 0.243 e. The van der Waals surface area contributed by atoms with E-state index in [4.69, 9.17) is 10.2 Å². The van der Waals surface area contributed by atoms with Gasteiger partial charge in [-0.3, -0.25) is 15.0 Å². The van der Waals surface area contributed by atoms with Crippen molar-refractivity contribution in [1.29, 1.82) is 0 Å². The van der Waals surface area contributed by atoms with E-state index in [-0.39, 0.29) is 19.1 Å². The number of aliphatic hydroxyl groups is 2. The van der Waals surface area contributed by atoms with E-state index in [1.165, 1.54) is 11.3 Å². The van der Waals surface area contributed by atoms with Crippen LogP contribution in [0.2, 0.25) is 0 Å². The number of aromatic nitrogens is 2. The number of carbonyl (C=O) groups is 1. The van der Waals surface area contributed by atoms with Gasteiger partial charge in [0.1, 0.15) is 5.01 Å². The predicted molar refractivity (Wildman–Crippen MR) is 73.1 cm³/mol. The molecule has 1 unspecified atom stereocenters. The third kappa shape index (κ3) is 4.83. The Bertz CT molecular complexity index is 393. The van der Waals surface area contributed by atoms with Gasteiger partial charge >= 0.3 is 0 Å². The van der Waals surface area contributed by atoms with Crippen molar-refractivity contribution in [3.05, 3.63) is 5.01 Å². The number of anilines is 1. The van der Waals surface area contributed by atoms with Crippen molar-refractivity contribution in [1.82, 2.24) is 15.1 Å². The normalized spacial score (nSPS) is 12.7. The fourth-order valence-electron chi connectivity index (χ4n) is 1.58. The van der Waals surface area contributed by atoms with Gasteiger partial charge in [0.2, 0.25) is 11.0 Å². The monoisotopic (exact) mass is 288 g/mol. The highest BCUT2D eigenvalue weighted by Gasteiger charge is 2.21. The number of aryl methyl sites for hydroxylation is 1. The minimum absolute atomic E-state index is 0.0591. The Morgan fingerprint density at radius 3 is 2.47 bits per heavy atom. The summed E-state index contributed by atoms with van der Waals surface area (Å²) in [7, 11) is 0. The molecule has 7 nitrogen and oxygen atoms in total. The second kappa shape index (κ2) is 8.16. The summed E-state index contributed by atoms with van der Waals surface area (Å²) in [5.41, 5.74) is 0. The summed E-state index contributed by atoms with van der Waals surface area (Å²) in [4.78, 5) is 13.7. The summed E-state index contributed by atoms with van der Waals surface area (Å²) in [6.07, 6.45) is 0.782. The highest BCUT2D eigenvalue weighted by Crippen LogP contribution is 2.16. The lowest BCUT2D eigenvalue weighted by Gasteiger charge is -2.26. The minimum atomic E-state index is -0.451. The fraction of sp³-hybridized carbons (Fsp3) is 0.727. The Kier molecular flexibility index (Phi) is 6.85. The first-order valence-electron chi connectivity index (χ1n) is 6.21. The lowest BCUT2D eigenvalue weighted by Crippen LogP contribution is -2.44. The van der Waals surface area contributed by atoms with Crippen LogP contribution < -0.4 is 5.32 Å². The van der Waals surface area contributed by atoms with E-state index in [0.29, 0.717) is 18.2 Å². The van der Waals surface area contributed by atoms with Crippen LogP contribution in [0.15, 0.2) is 0 Å². The summed E-state index contributed by atoms with van der Waals surface area (Å²) < 4.78 is 0. The first-order valence-corrected chi connectivity index (χ1v) is 7.03. The molecule has 0 bridgehead atoms. The molecular formula is C11H20N4O3S. The molecule has 1 aromatic rings. The Balaban J connectivity index is 2.59. The van der Waals surface area contributed by atoms with Crippen LogP contribution in [-0.2, 0) is 11.2 Å². The van der Waals surface area contributed by atoms with Crippen LogP contribution in [0.4, 0.5) is 5.13 Å². The molecule has 0 radical (unpaired) electrons. The Morgan fingerprint density at radius 1 is 1.37 bits per heavy atom. The molecule has 8 heteroatoms. The average molecular weight is 288 g/mol. The van der Waals surface area contributed by atoms with E-state index in [1.807, 2.05) is 6.92 Å². The van der Waals surface area contributed by atoms with Crippen LogP contribution in [0.3, 0.4) is 0 Å². The second-order valence-electron chi connectivity index (χ2n) is 4.00. The molecule has 1 aromatic heterocycles. The number of amides is 1. The lowest BCUT2D eigenvalue weighted by atomic mass is 10.2. The third-order valence-electron chi connectivity index (χ3n) is 2.70. The number of nitrogens with zero attached hydrogens (tertiary/aromatic N) is 3. The van der Waals surface area contributed by atoms with Gasteiger partial charge in [0.15, 0.2) is 0 Å². The van der Waals surface area contributed by atoms with Crippen LogP contribution in [-0.4, -0.2) is 63.6 Å². The standard InChI is InChI=1S/C11H20N4O3S/c1-3-9-13-14-11(19-9)12-10(18)8(2)15(4-6-16)5-7-17/h8,16-17H,3-7H2,1-2H3,(H,12,14,18). The van der Waals surface area contributed by atoms with E-state index in [9.17, 15) is 4.79 Å². The van der Waals surface area contributed by atoms with E-state index in [1.54, 1.807) is 11.8 Å². The predicted octanol–water partition coefficient (Wildman–Crippen LogP) is -0.286. The SMILES string of the molecule is CCc1nnc(NC(=O)C(C)N(CCO)CCO)s1. The van der Waals surface area contributed by atoms with E-state index >= 15 is 0 Å². The van der Waals surface area contributed by atoms with Crippen molar-refractivity contribution in [2.24, 2.45) is 0 Å². The molecule has 0 aliphatic carbocycles. The van der Waals surface area contributed by atoms with Gasteiger partial charge in [0, 0.05) is 13.1 Å². The molecule has 1 rings (SSSR count). The highest BCUT2D eigenvalue weighted by molar-refractivity contribution is 7.15. The third-order valence-corrected chi connectivity index (χ3v) is 3.68. The highest BCUT2D eigenvalue weighted by atomic mass is 32.1. The summed E-state index contributed by atoms with van der Waals surface area (Å²) in [6.45, 7) is 4.26. The van der Waals surface area contributed by atoms with Crippen molar-refractivity contribution in [2.75, 3.05) is 31.6 Å². The number of hydrogen-bond donors (Lipinski definition) is 3. The second-order valence-corrected chi connectivity index (χ2v) is 5.06. The van der Waals surface area contributed by atoms with Gasteiger partial charge in [-0.15, -0.1) is 10.2 Å². The van der Waals surface area contributed by atoms with E-state index in [0.717, 1.165) is 11.4 Å². The molecule has 19 heavy (non-hydrogen) atoms. The molecule has 1 atom stereocenters. The molecule has 0 aliphatic heterocycles. The molecule has 108 valence electrons. The zero-order valence-corrected chi connectivity index (χ0v) is 12.0. The minimum Gasteiger partial charge on any atom is -0.395 e. The molecule has 1 amide bonds. The average Bonchev–Trinajstić information content (AvgIpc) is 2.85. The van der Waals surface area contributed by atoms with Crippen LogP contribution in [0.5, 0.6) is 0 Å². The van der Waals surface area contributed by atoms with Crippen molar-refractivity contribution >= 4 is 22.4 Å². The Hall–Kier alpha value is -1.09. The molecule has 3 N–H and O–H groups in total. The number of carbonyl (C=O) groups excluding carboxylic acids is 1. The Morgan fingerprint density at radius 2 is 2.00 bits per heavy atom. The summed E-state index contributed by atoms with van der Waals surface area (Å²) in [6, 6.07) is -0.451. The molecule has 0 aliphatic rings. The van der Waals surface area contributed by atoms with Gasteiger partial charge in [0.05, 0.1) is 19.3 Å². The van der Waals surface area contributed by atoms with Crippen molar-refractivity contribution < 1.29 is 15.0 Å². The fourth-order valence-corrected chi connectivity index (χ4v) is 2.26. The van der Waals surface area contributed by atoms with Gasteiger partial charge in [-0.2, -0.15) is 0 Å². The summed E-state index contributed by atoms with van der Waals surface area (Å²) in [5, 5.41) is 29.7. The van der Waals surface area contributed by atoms with Crippen LogP contribution >= 0.6 is 11.3 Å². The zero-order chi connectivity index (χ0) is 14.3. The van der Waals surface area contributed by atoms with Crippen molar-refractivity contribution in [3.8, 4) is 0 Å². The first kappa shape index (κ1) is 16.0. The zero-order valence-electron chi connectivity index (χ0n) is 11.2. The number of aliphatic hydroxyl groups excluding tert-OH is 2. The van der Waals surface area contributed by atoms with Crippen molar-refractivity contribution in [2.45, 2.75) is 26.3 Å². The summed E-state index contributed by atoms with van der Waals surface area (Å²) >= 11 is 1.35. The van der Waals surface area contributed by atoms with Gasteiger partial charge in [0.25, 0.3) is 0 Å². The number of rotatable bonds is 8. The Labute approximate surface area is 116 Å². The maximum atomic E-state index is 12.0. The molecule has 1 heterocycles. The lowest BCUT2D eigenvalue weighted by molar-refractivity contribution is -0.121. The molecule has 0 saturated heterocycles. The summed E-state index contributed by atoms with van der Waals surface area (Å²) in [5.74, 6) is -0.222. The van der Waals surface area contributed by atoms with Crippen LogP contribution in [0.25, 0.3) is 0 Å². The van der Waals surface area contributed by atoms with Gasteiger partial charge in [-0.1, -0.05) is 18.3 Å². The van der Waals surface area contributed by atoms with Crippen molar-refractivity contribution in [3.63, 3.8) is 0 Å². The first-order chi connectivity index (χ1) is 9.12. The van der Waals surface area contributed by atoms with E-state index in [2.05, 4.69) is 15.5 Å².